The van der Waals surface area contributed by atoms with Crippen molar-refractivity contribution in [1.82, 2.24) is 0 Å². The number of likely N-dealkylation sites (N-methyl/N-ethyl adjacent to an activating group) is 1. The molecule has 1 N–H and O–H groups in total. The summed E-state index contributed by atoms with van der Waals surface area (Å²) in [6, 6.07) is 14.7. The third-order valence-corrected chi connectivity index (χ3v) is 16.0. The van der Waals surface area contributed by atoms with Crippen LogP contribution in [0.5, 0.6) is 5.75 Å². The molecule has 223 valence electrons. The van der Waals surface area contributed by atoms with Crippen molar-refractivity contribution >= 4 is 18.9 Å². The SMILES string of the molecule is CCC[Si](CCC)(c1cc(C)cc(C(C)(C)C)c1O)C1C2C=CC=CC2C2C1c1cc(C)ccc1N2C.[CH3-].[CH3-].[CH3-].[Ti+3]. The molecular formula is C37H56NOSiTi. The van der Waals surface area contributed by atoms with Gasteiger partial charge in [0.1, 0.15) is 5.75 Å². The monoisotopic (exact) mass is 606 g/mol. The van der Waals surface area contributed by atoms with Crippen LogP contribution >= 0.6 is 0 Å². The molecule has 1 heterocycles. The molecular weight excluding hydrogens is 550 g/mol. The Labute approximate surface area is 269 Å². The van der Waals surface area contributed by atoms with Crippen LogP contribution in [0.1, 0.15) is 75.6 Å². The topological polar surface area (TPSA) is 23.5 Å². The largest absolute Gasteiger partial charge is 3.00 e. The van der Waals surface area contributed by atoms with Gasteiger partial charge < -0.3 is 32.3 Å². The fraction of sp³-hybridized carbons (Fsp3) is 0.486. The first kappa shape index (κ1) is 37.5. The maximum Gasteiger partial charge on any atom is 3.00 e. The summed E-state index contributed by atoms with van der Waals surface area (Å²) in [5.74, 6) is 2.16. The molecule has 0 bridgehead atoms. The van der Waals surface area contributed by atoms with Crippen LogP contribution in [-0.2, 0) is 27.1 Å². The van der Waals surface area contributed by atoms with Crippen LogP contribution in [0, 0.1) is 48.0 Å². The molecule has 5 unspecified atom stereocenters. The molecule has 1 aliphatic heterocycles. The van der Waals surface area contributed by atoms with Gasteiger partial charge in [-0.2, -0.15) is 0 Å². The summed E-state index contributed by atoms with van der Waals surface area (Å²) < 4.78 is 0. The number of aromatic hydroxyl groups is 1. The molecule has 1 radical (unpaired) electrons. The van der Waals surface area contributed by atoms with Gasteiger partial charge in [-0.25, -0.2) is 0 Å². The first-order valence-electron chi connectivity index (χ1n) is 14.6. The van der Waals surface area contributed by atoms with E-state index in [1.54, 1.807) is 5.56 Å². The van der Waals surface area contributed by atoms with Gasteiger partial charge in [0, 0.05) is 30.6 Å². The third-order valence-electron chi connectivity index (χ3n) is 9.78. The molecule has 2 aromatic carbocycles. The number of fused-ring (bicyclic) bond motifs is 5. The average molecular weight is 607 g/mol. The molecule has 1 saturated carbocycles. The van der Waals surface area contributed by atoms with Gasteiger partial charge >= 0.3 is 21.7 Å². The van der Waals surface area contributed by atoms with Crippen molar-refractivity contribution in [2.24, 2.45) is 11.8 Å². The Morgan fingerprint density at radius 3 is 2.00 bits per heavy atom. The van der Waals surface area contributed by atoms with Crippen molar-refractivity contribution in [2.45, 2.75) is 96.3 Å². The summed E-state index contributed by atoms with van der Waals surface area (Å²) in [5.41, 5.74) is 7.24. The Bertz CT molecular complexity index is 1240. The first-order chi connectivity index (χ1) is 17.5. The van der Waals surface area contributed by atoms with Crippen molar-refractivity contribution < 1.29 is 26.8 Å². The van der Waals surface area contributed by atoms with Crippen molar-refractivity contribution in [3.05, 3.63) is 99.2 Å². The van der Waals surface area contributed by atoms with Crippen molar-refractivity contribution in [3.8, 4) is 5.75 Å². The van der Waals surface area contributed by atoms with Gasteiger partial charge in [0.25, 0.3) is 0 Å². The predicted octanol–water partition coefficient (Wildman–Crippen LogP) is 9.48. The molecule has 0 amide bonds. The zero-order chi connectivity index (χ0) is 26.7. The maximum atomic E-state index is 12.1. The normalized spacial score (nSPS) is 23.8. The van der Waals surface area contributed by atoms with E-state index >= 15 is 0 Å². The summed E-state index contributed by atoms with van der Waals surface area (Å²) in [6.45, 7) is 16.0. The van der Waals surface area contributed by atoms with Gasteiger partial charge in [-0.1, -0.05) is 119 Å². The van der Waals surface area contributed by atoms with Crippen LogP contribution < -0.4 is 10.1 Å². The van der Waals surface area contributed by atoms with Gasteiger partial charge in [0.2, 0.25) is 0 Å². The minimum atomic E-state index is -2.20. The third kappa shape index (κ3) is 5.98. The Hall–Kier alpha value is -1.55. The number of hydrogen-bond donors (Lipinski definition) is 1. The number of nitrogens with zero attached hydrogens (tertiary/aromatic N) is 1. The Morgan fingerprint density at radius 1 is 0.854 bits per heavy atom. The van der Waals surface area contributed by atoms with E-state index < -0.39 is 8.07 Å². The number of phenolic OH excluding ortho intramolecular Hbond substituents is 1. The van der Waals surface area contributed by atoms with Crippen LogP contribution in [0.2, 0.25) is 17.6 Å². The van der Waals surface area contributed by atoms with Crippen molar-refractivity contribution in [2.75, 3.05) is 11.9 Å². The molecule has 3 aliphatic rings. The number of anilines is 1. The van der Waals surface area contributed by atoms with Crippen molar-refractivity contribution in [3.63, 3.8) is 0 Å². The second kappa shape index (κ2) is 13.8. The molecule has 0 aromatic heterocycles. The number of phenols is 1. The fourth-order valence-electron chi connectivity index (χ4n) is 8.57. The molecule has 2 aromatic rings. The zero-order valence-electron chi connectivity index (χ0n) is 27.8. The van der Waals surface area contributed by atoms with E-state index in [1.807, 2.05) is 0 Å². The van der Waals surface area contributed by atoms with E-state index in [-0.39, 0.29) is 49.4 Å². The number of benzene rings is 2. The van der Waals surface area contributed by atoms with Gasteiger partial charge in [-0.05, 0) is 53.1 Å². The number of aryl methyl sites for hydroxylation is 2. The Balaban J connectivity index is 0.00000210. The van der Waals surface area contributed by atoms with Crippen LogP contribution in [-0.4, -0.2) is 26.3 Å². The van der Waals surface area contributed by atoms with Gasteiger partial charge in [-0.3, -0.25) is 0 Å². The van der Waals surface area contributed by atoms with Gasteiger partial charge in [0.05, 0.1) is 8.07 Å². The average Bonchev–Trinajstić information content (AvgIpc) is 3.32. The van der Waals surface area contributed by atoms with E-state index in [9.17, 15) is 5.11 Å². The minimum Gasteiger partial charge on any atom is -0.508 e. The van der Waals surface area contributed by atoms with Crippen LogP contribution in [0.25, 0.3) is 0 Å². The van der Waals surface area contributed by atoms with Crippen LogP contribution in [0.15, 0.2) is 54.6 Å². The maximum absolute atomic E-state index is 12.1. The summed E-state index contributed by atoms with van der Waals surface area (Å²) in [6.07, 6.45) is 12.0. The summed E-state index contributed by atoms with van der Waals surface area (Å²) in [5, 5.41) is 13.5. The molecule has 0 spiro atoms. The first-order valence-corrected chi connectivity index (χ1v) is 17.1. The molecule has 41 heavy (non-hydrogen) atoms. The van der Waals surface area contributed by atoms with E-state index in [2.05, 4.69) is 115 Å². The standard InChI is InChI=1S/C34H47NOSi.3CH3.Ti/c1-9-17-37(18-10-2,29-21-23(4)20-27(32(29)36)34(5,6)7)33-25-14-12-11-13-24(25)31-30(33)26-19-22(3)15-16-28(26)35(31)8;;;;/h11-16,19-21,24-25,30-31,33,36H,9-10,17-18H2,1-8H3;3*1H3;/q;3*-1;+3. The summed E-state index contributed by atoms with van der Waals surface area (Å²) >= 11 is 0. The number of allylic oxidation sites excluding steroid dienone is 3. The van der Waals surface area contributed by atoms with Crippen molar-refractivity contribution in [1.29, 1.82) is 0 Å². The van der Waals surface area contributed by atoms with Gasteiger partial charge in [-0.15, -0.1) is 0 Å². The zero-order valence-corrected chi connectivity index (χ0v) is 30.4. The number of hydrogen-bond acceptors (Lipinski definition) is 2. The van der Waals surface area contributed by atoms with E-state index in [1.165, 1.54) is 46.9 Å². The number of rotatable bonds is 6. The molecule has 2 aliphatic carbocycles. The van der Waals surface area contributed by atoms with E-state index in [4.69, 9.17) is 0 Å². The molecule has 1 fully saturated rings. The van der Waals surface area contributed by atoms with Crippen LogP contribution in [0.3, 0.4) is 0 Å². The fourth-order valence-corrected chi connectivity index (χ4v) is 15.4. The quantitative estimate of drug-likeness (QED) is 0.262. The molecule has 5 atom stereocenters. The predicted molar refractivity (Wildman–Crippen MR) is 181 cm³/mol. The van der Waals surface area contributed by atoms with E-state index in [0.717, 1.165) is 5.56 Å². The smallest absolute Gasteiger partial charge is 0.508 e. The minimum absolute atomic E-state index is 0. The summed E-state index contributed by atoms with van der Waals surface area (Å²) in [4.78, 5) is 2.61. The molecule has 0 saturated heterocycles. The molecule has 5 rings (SSSR count). The molecule has 4 heteroatoms. The summed E-state index contributed by atoms with van der Waals surface area (Å²) in [7, 11) is 0.132. The van der Waals surface area contributed by atoms with Crippen LogP contribution in [0.4, 0.5) is 5.69 Å². The molecule has 2 nitrogen and oxygen atoms in total. The van der Waals surface area contributed by atoms with E-state index in [0.29, 0.717) is 35.1 Å². The Morgan fingerprint density at radius 2 is 1.44 bits per heavy atom. The second-order valence-electron chi connectivity index (χ2n) is 13.3. The van der Waals surface area contributed by atoms with Gasteiger partial charge in [0.15, 0.2) is 0 Å². The Kier molecular flexibility index (Phi) is 12.6. The second-order valence-corrected chi connectivity index (χ2v) is 17.8.